The summed E-state index contributed by atoms with van der Waals surface area (Å²) in [5, 5.41) is 0. The van der Waals surface area contributed by atoms with E-state index in [1.165, 1.54) is 6.33 Å². The number of ether oxygens (including phenoxy) is 4. The molecular weight excluding hydrogens is 506 g/mol. The van der Waals surface area contributed by atoms with Gasteiger partial charge in [0.1, 0.15) is 30.2 Å². The Morgan fingerprint density at radius 3 is 1.85 bits per heavy atom. The van der Waals surface area contributed by atoms with E-state index < -0.39 is 18.4 Å². The summed E-state index contributed by atoms with van der Waals surface area (Å²) >= 11 is 0. The van der Waals surface area contributed by atoms with Crippen LogP contribution in [0.5, 0.6) is 0 Å². The summed E-state index contributed by atoms with van der Waals surface area (Å²) in [4.78, 5) is 13.0. The number of nitrogens with two attached hydrogens (primary N) is 1. The maximum atomic E-state index is 6.61. The number of rotatable bonds is 10. The summed E-state index contributed by atoms with van der Waals surface area (Å²) in [5.41, 5.74) is 10.3. The lowest BCUT2D eigenvalue weighted by molar-refractivity contribution is -0.255. The number of hydrogen-bond acceptors (Lipinski definition) is 8. The van der Waals surface area contributed by atoms with Crippen LogP contribution in [0.3, 0.4) is 0 Å². The van der Waals surface area contributed by atoms with Gasteiger partial charge in [-0.25, -0.2) is 15.0 Å². The number of hydrogen-bond donors (Lipinski definition) is 1. The van der Waals surface area contributed by atoms with E-state index in [4.69, 9.17) is 24.7 Å². The molecule has 9 heteroatoms. The van der Waals surface area contributed by atoms with E-state index in [0.717, 1.165) is 16.7 Å². The fourth-order valence-corrected chi connectivity index (χ4v) is 4.88. The zero-order valence-electron chi connectivity index (χ0n) is 22.0. The first-order valence-electron chi connectivity index (χ1n) is 13.3. The maximum absolute atomic E-state index is 6.61. The number of fused-ring (bicyclic) bond motifs is 1. The van der Waals surface area contributed by atoms with Crippen LogP contribution in [0.1, 0.15) is 22.9 Å². The van der Waals surface area contributed by atoms with Gasteiger partial charge in [0.25, 0.3) is 0 Å². The Morgan fingerprint density at radius 2 is 1.25 bits per heavy atom. The molecule has 1 aliphatic heterocycles. The fraction of sp³-hybridized carbons (Fsp3) is 0.258. The summed E-state index contributed by atoms with van der Waals surface area (Å²) in [6, 6.07) is 30.2. The van der Waals surface area contributed by atoms with E-state index in [2.05, 4.69) is 15.0 Å². The van der Waals surface area contributed by atoms with Crippen molar-refractivity contribution in [1.29, 1.82) is 0 Å². The molecule has 5 aromatic rings. The van der Waals surface area contributed by atoms with Gasteiger partial charge in [-0.1, -0.05) is 91.0 Å². The standard InChI is InChI=1S/C31H31N5O4/c32-29-26-30(34-20-33-29)36(21-35-26)31-28(39-18-24-14-8-3-9-15-24)27(38-17-23-12-6-2-7-13-23)25(19-40-31)37-16-22-10-4-1-5-11-22/h1-15,20-21,25,27-28,31H,16-19H2,(H2,32,33,34)/t25-,27+,28+,31-/m0/s1. The molecule has 0 radical (unpaired) electrons. The third-order valence-corrected chi connectivity index (χ3v) is 6.94. The number of aromatic nitrogens is 4. The smallest absolute Gasteiger partial charge is 0.167 e. The van der Waals surface area contributed by atoms with Crippen molar-refractivity contribution < 1.29 is 18.9 Å². The Balaban J connectivity index is 1.33. The van der Waals surface area contributed by atoms with Crippen LogP contribution in [0.4, 0.5) is 5.82 Å². The van der Waals surface area contributed by atoms with Gasteiger partial charge in [0.15, 0.2) is 17.7 Å². The predicted molar refractivity (Wildman–Crippen MR) is 150 cm³/mol. The summed E-state index contributed by atoms with van der Waals surface area (Å²) in [7, 11) is 0. The number of benzene rings is 3. The third-order valence-electron chi connectivity index (χ3n) is 6.94. The lowest BCUT2D eigenvalue weighted by Crippen LogP contribution is -2.54. The summed E-state index contributed by atoms with van der Waals surface area (Å²) in [6.07, 6.45) is 1.12. The molecule has 3 aromatic carbocycles. The van der Waals surface area contributed by atoms with Crippen molar-refractivity contribution in [3.63, 3.8) is 0 Å². The largest absolute Gasteiger partial charge is 0.382 e. The van der Waals surface area contributed by atoms with E-state index in [-0.39, 0.29) is 6.10 Å². The normalized spacial score (nSPS) is 21.0. The van der Waals surface area contributed by atoms with Crippen LogP contribution >= 0.6 is 0 Å². The van der Waals surface area contributed by atoms with Crippen molar-refractivity contribution in [3.05, 3.63) is 120 Å². The highest BCUT2D eigenvalue weighted by molar-refractivity contribution is 5.81. The molecule has 6 rings (SSSR count). The molecule has 40 heavy (non-hydrogen) atoms. The predicted octanol–water partition coefficient (Wildman–Crippen LogP) is 4.69. The average Bonchev–Trinajstić information content (AvgIpc) is 3.45. The third kappa shape index (κ3) is 5.88. The minimum absolute atomic E-state index is 0.294. The van der Waals surface area contributed by atoms with Crippen LogP contribution in [0.25, 0.3) is 11.2 Å². The molecule has 0 aliphatic carbocycles. The Kier molecular flexibility index (Phi) is 8.06. The minimum atomic E-state index is -0.583. The molecule has 0 saturated carbocycles. The van der Waals surface area contributed by atoms with E-state index in [1.54, 1.807) is 6.33 Å². The molecule has 1 saturated heterocycles. The van der Waals surface area contributed by atoms with Crippen molar-refractivity contribution >= 4 is 17.0 Å². The molecule has 2 aromatic heterocycles. The van der Waals surface area contributed by atoms with Gasteiger partial charge in [0.2, 0.25) is 0 Å². The van der Waals surface area contributed by atoms with Crippen LogP contribution in [0, 0.1) is 0 Å². The van der Waals surface area contributed by atoms with Crippen LogP contribution in [-0.2, 0) is 38.8 Å². The van der Waals surface area contributed by atoms with Crippen molar-refractivity contribution in [2.75, 3.05) is 12.3 Å². The molecule has 0 unspecified atom stereocenters. The highest BCUT2D eigenvalue weighted by Gasteiger charge is 2.44. The van der Waals surface area contributed by atoms with E-state index in [9.17, 15) is 0 Å². The lowest BCUT2D eigenvalue weighted by atomic mass is 10.0. The molecule has 3 heterocycles. The van der Waals surface area contributed by atoms with E-state index in [1.807, 2.05) is 95.6 Å². The molecule has 1 fully saturated rings. The van der Waals surface area contributed by atoms with Gasteiger partial charge in [-0.05, 0) is 16.7 Å². The number of imidazole rings is 1. The quantitative estimate of drug-likeness (QED) is 0.273. The topological polar surface area (TPSA) is 107 Å². The minimum Gasteiger partial charge on any atom is -0.382 e. The van der Waals surface area contributed by atoms with Crippen LogP contribution < -0.4 is 5.73 Å². The second-order valence-electron chi connectivity index (χ2n) is 9.66. The molecule has 2 N–H and O–H groups in total. The van der Waals surface area contributed by atoms with Gasteiger partial charge in [0, 0.05) is 0 Å². The van der Waals surface area contributed by atoms with Crippen molar-refractivity contribution in [1.82, 2.24) is 19.5 Å². The molecule has 0 amide bonds. The molecule has 9 nitrogen and oxygen atoms in total. The first kappa shape index (κ1) is 26.1. The highest BCUT2D eigenvalue weighted by atomic mass is 16.6. The van der Waals surface area contributed by atoms with Gasteiger partial charge in [0.05, 0.1) is 32.8 Å². The highest BCUT2D eigenvalue weighted by Crippen LogP contribution is 2.34. The fourth-order valence-electron chi connectivity index (χ4n) is 4.88. The molecule has 204 valence electrons. The van der Waals surface area contributed by atoms with Gasteiger partial charge in [-0.3, -0.25) is 4.57 Å². The van der Waals surface area contributed by atoms with Gasteiger partial charge in [-0.2, -0.15) is 0 Å². The van der Waals surface area contributed by atoms with Gasteiger partial charge in [-0.15, -0.1) is 0 Å². The van der Waals surface area contributed by atoms with Crippen LogP contribution in [-0.4, -0.2) is 44.4 Å². The Hall–Kier alpha value is -4.15. The van der Waals surface area contributed by atoms with Gasteiger partial charge < -0.3 is 24.7 Å². The van der Waals surface area contributed by atoms with Crippen LogP contribution in [0.15, 0.2) is 104 Å². The Labute approximate surface area is 232 Å². The zero-order valence-corrected chi connectivity index (χ0v) is 22.0. The first-order valence-corrected chi connectivity index (χ1v) is 13.3. The summed E-state index contributed by atoms with van der Waals surface area (Å²) < 4.78 is 27.9. The summed E-state index contributed by atoms with van der Waals surface area (Å²) in [5.74, 6) is 0.308. The molecule has 4 atom stereocenters. The second-order valence-corrected chi connectivity index (χ2v) is 9.66. The average molecular weight is 538 g/mol. The second kappa shape index (κ2) is 12.4. The lowest BCUT2D eigenvalue weighted by Gasteiger charge is -2.42. The van der Waals surface area contributed by atoms with Gasteiger partial charge >= 0.3 is 0 Å². The monoisotopic (exact) mass is 537 g/mol. The SMILES string of the molecule is Nc1ncnc2c1ncn2[C@H]1OC[C@H](OCc2ccccc2)[C@@H](OCc2ccccc2)[C@H]1OCc1ccccc1. The van der Waals surface area contributed by atoms with Crippen molar-refractivity contribution in [2.45, 2.75) is 44.4 Å². The molecule has 0 spiro atoms. The number of nitrogen functional groups attached to an aromatic ring is 1. The van der Waals surface area contributed by atoms with Crippen molar-refractivity contribution in [2.24, 2.45) is 0 Å². The maximum Gasteiger partial charge on any atom is 0.167 e. The first-order chi connectivity index (χ1) is 19.8. The van der Waals surface area contributed by atoms with E-state index >= 15 is 0 Å². The molecular formula is C31H31N5O4. The van der Waals surface area contributed by atoms with Crippen LogP contribution in [0.2, 0.25) is 0 Å². The number of anilines is 1. The zero-order chi connectivity index (χ0) is 27.1. The number of nitrogens with zero attached hydrogens (tertiary/aromatic N) is 4. The molecule has 0 bridgehead atoms. The van der Waals surface area contributed by atoms with E-state index in [0.29, 0.717) is 43.4 Å². The van der Waals surface area contributed by atoms with Crippen molar-refractivity contribution in [3.8, 4) is 0 Å². The Morgan fingerprint density at radius 1 is 0.700 bits per heavy atom. The Bertz CT molecular complexity index is 1500. The summed E-state index contributed by atoms with van der Waals surface area (Å²) in [6.45, 7) is 1.48. The molecule has 1 aliphatic rings.